The molecule has 4 aromatic carbocycles. The molecule has 0 fully saturated rings. The standard InChI is InChI=1S/C44H32N8.Cu/c45-29-9-1-25(2-10-29)41-33-17-19-35(49-33)42(26-3-11-30(46)12-4-26)37-21-23-39(51-37)44(28-7-15-32(48)16-8-28)40-24-22-38(52-40)43(36-20-18-34(41)50-36)27-5-13-31(47)14-6-27;/h1-24H,45-48H2;/q-2;+2. The van der Waals surface area contributed by atoms with Crippen LogP contribution in [0.4, 0.5) is 22.7 Å². The summed E-state index contributed by atoms with van der Waals surface area (Å²) in [6, 6.07) is 35.3. The molecule has 1 radical (unpaired) electrons. The van der Waals surface area contributed by atoms with Crippen LogP contribution in [-0.4, -0.2) is 22.1 Å². The molecule has 8 N–H and O–H groups in total. The Bertz CT molecular complexity index is 2560. The topological polar surface area (TPSA) is 154 Å². The smallest absolute Gasteiger partial charge is 0.400 e. The Balaban J connectivity index is 0.00000400. The van der Waals surface area contributed by atoms with E-state index in [9.17, 15) is 0 Å². The number of aromatic nitrogens is 1. The van der Waals surface area contributed by atoms with Crippen LogP contribution in [0.5, 0.6) is 0 Å². The van der Waals surface area contributed by atoms with Crippen LogP contribution in [0.1, 0.15) is 33.6 Å². The van der Waals surface area contributed by atoms with Gasteiger partial charge in [0.25, 0.3) is 0 Å². The predicted molar refractivity (Wildman–Crippen MR) is 214 cm³/mol. The fraction of sp³-hybridized carbons (Fsp3) is 0. The second-order valence-corrected chi connectivity index (χ2v) is 12.9. The molecule has 0 saturated carbocycles. The molecule has 5 heterocycles. The third kappa shape index (κ3) is 6.14. The molecule has 0 unspecified atom stereocenters. The van der Waals surface area contributed by atoms with Gasteiger partial charge in [-0.2, -0.15) is 0 Å². The Morgan fingerprint density at radius 2 is 0.887 bits per heavy atom. The number of aliphatic imine (C=N–C) groups is 3. The van der Waals surface area contributed by atoms with Crippen molar-refractivity contribution in [3.05, 3.63) is 202 Å². The molecule has 0 amide bonds. The van der Waals surface area contributed by atoms with Crippen LogP contribution in [0.25, 0.3) is 16.7 Å². The van der Waals surface area contributed by atoms with E-state index in [1.807, 2.05) is 146 Å². The van der Waals surface area contributed by atoms with E-state index in [1.165, 1.54) is 0 Å². The average Bonchev–Trinajstić information content (AvgIpc) is 3.99. The van der Waals surface area contributed by atoms with Crippen molar-refractivity contribution in [2.45, 2.75) is 0 Å². The summed E-state index contributed by atoms with van der Waals surface area (Å²) in [6.07, 6.45) is 12.2. The number of rotatable bonds is 4. The first-order chi connectivity index (χ1) is 25.4. The molecular weight excluding hydrogens is 704 g/mol. The molecule has 8 bridgehead atoms. The zero-order valence-electron chi connectivity index (χ0n) is 28.3. The Kier molecular flexibility index (Phi) is 8.43. The van der Waals surface area contributed by atoms with Gasteiger partial charge in [-0.1, -0.05) is 84.0 Å². The molecule has 5 aromatic rings. The Hall–Kier alpha value is -6.80. The Morgan fingerprint density at radius 3 is 1.43 bits per heavy atom. The van der Waals surface area contributed by atoms with Gasteiger partial charge in [-0.3, -0.25) is 9.98 Å². The van der Waals surface area contributed by atoms with Crippen LogP contribution in [-0.2, 0) is 17.1 Å². The average molecular weight is 736 g/mol. The van der Waals surface area contributed by atoms with E-state index in [0.29, 0.717) is 22.7 Å². The molecule has 4 aliphatic heterocycles. The van der Waals surface area contributed by atoms with Gasteiger partial charge in [-0.25, -0.2) is 4.99 Å². The number of hydrogen-bond acceptors (Lipinski definition) is 8. The van der Waals surface area contributed by atoms with Gasteiger partial charge in [0.2, 0.25) is 0 Å². The second-order valence-electron chi connectivity index (χ2n) is 12.9. The van der Waals surface area contributed by atoms with Crippen molar-refractivity contribution in [2.75, 3.05) is 22.9 Å². The molecule has 0 aliphatic carbocycles. The first-order valence-electron chi connectivity index (χ1n) is 16.9. The van der Waals surface area contributed by atoms with Gasteiger partial charge in [0.05, 0.1) is 17.1 Å². The van der Waals surface area contributed by atoms with E-state index >= 15 is 0 Å². The van der Waals surface area contributed by atoms with E-state index in [0.717, 1.165) is 90.5 Å². The summed E-state index contributed by atoms with van der Waals surface area (Å²) in [4.78, 5) is 21.1. The maximum absolute atomic E-state index is 6.13. The molecule has 0 atom stereocenters. The van der Waals surface area contributed by atoms with Crippen LogP contribution in [0.3, 0.4) is 0 Å². The first-order valence-corrected chi connectivity index (χ1v) is 16.9. The summed E-state index contributed by atoms with van der Waals surface area (Å²) in [5.41, 5.74) is 39.8. The van der Waals surface area contributed by atoms with E-state index in [-0.39, 0.29) is 17.1 Å². The number of nitrogen functional groups attached to an aromatic ring is 4. The van der Waals surface area contributed by atoms with Gasteiger partial charge in [0.1, 0.15) is 0 Å². The largest absolute Gasteiger partial charge is 2.00 e. The van der Waals surface area contributed by atoms with Crippen LogP contribution in [0.2, 0.25) is 0 Å². The molecule has 1 aromatic heterocycles. The van der Waals surface area contributed by atoms with Crippen molar-refractivity contribution in [1.29, 1.82) is 0 Å². The number of nitrogens with two attached hydrogens (primary N) is 4. The van der Waals surface area contributed by atoms with Crippen molar-refractivity contribution in [3.8, 4) is 0 Å². The van der Waals surface area contributed by atoms with E-state index in [4.69, 9.17) is 42.9 Å². The van der Waals surface area contributed by atoms with Crippen LogP contribution < -0.4 is 22.9 Å². The molecule has 53 heavy (non-hydrogen) atoms. The fourth-order valence-corrected chi connectivity index (χ4v) is 6.87. The SMILES string of the molecule is Nc1ccc(C2=C3C=CC(=N3)[C-](c3ccc(N)cc3)C3=NC(=C(c4ccc(N)cc4)c4[cH-]cc(n4)C(c4ccc(N)cc4)=C4C=CC2=N4)C=C3)cc1.[Cu+2]. The summed E-state index contributed by atoms with van der Waals surface area (Å²) in [5, 5.41) is 0. The van der Waals surface area contributed by atoms with Crippen LogP contribution in [0.15, 0.2) is 178 Å². The van der Waals surface area contributed by atoms with Crippen molar-refractivity contribution in [1.82, 2.24) is 4.98 Å². The summed E-state index contributed by atoms with van der Waals surface area (Å²) in [6.45, 7) is 0. The monoisotopic (exact) mass is 735 g/mol. The number of allylic oxidation sites excluding steroid dienone is 7. The second kappa shape index (κ2) is 13.4. The summed E-state index contributed by atoms with van der Waals surface area (Å²) >= 11 is 0. The summed E-state index contributed by atoms with van der Waals surface area (Å²) < 4.78 is 0. The number of benzene rings is 4. The number of anilines is 4. The van der Waals surface area contributed by atoms with Crippen molar-refractivity contribution in [3.63, 3.8) is 0 Å². The number of fused-ring (bicyclic) bond motifs is 5. The molecule has 0 spiro atoms. The zero-order chi connectivity index (χ0) is 35.3. The third-order valence-corrected chi connectivity index (χ3v) is 9.41. The van der Waals surface area contributed by atoms with Gasteiger partial charge < -0.3 is 27.9 Å². The van der Waals surface area contributed by atoms with Gasteiger partial charge >= 0.3 is 17.1 Å². The predicted octanol–water partition coefficient (Wildman–Crippen LogP) is 7.73. The fourth-order valence-electron chi connectivity index (χ4n) is 6.87. The van der Waals surface area contributed by atoms with Gasteiger partial charge in [0.15, 0.2) is 0 Å². The Morgan fingerprint density at radius 1 is 0.453 bits per heavy atom. The van der Waals surface area contributed by atoms with Crippen LogP contribution in [0, 0.1) is 5.92 Å². The number of nitrogens with zero attached hydrogens (tertiary/aromatic N) is 4. The van der Waals surface area contributed by atoms with Gasteiger partial charge in [0, 0.05) is 45.4 Å². The first kappa shape index (κ1) is 33.3. The van der Waals surface area contributed by atoms with Gasteiger partial charge in [-0.05, 0) is 82.6 Å². The van der Waals surface area contributed by atoms with Crippen LogP contribution >= 0.6 is 0 Å². The number of hydrogen-bond donors (Lipinski definition) is 4. The summed E-state index contributed by atoms with van der Waals surface area (Å²) in [7, 11) is 0. The molecule has 9 heteroatoms. The van der Waals surface area contributed by atoms with Gasteiger partial charge in [-0.15, -0.1) is 29.8 Å². The minimum atomic E-state index is 0. The third-order valence-electron chi connectivity index (χ3n) is 9.41. The molecular formula is C44H32CuN8. The van der Waals surface area contributed by atoms with Crippen molar-refractivity contribution < 1.29 is 17.1 Å². The maximum Gasteiger partial charge on any atom is 2.00 e. The molecule has 259 valence electrons. The maximum atomic E-state index is 6.13. The normalized spacial score (nSPS) is 15.9. The molecule has 8 nitrogen and oxygen atoms in total. The Labute approximate surface area is 317 Å². The minimum absolute atomic E-state index is 0. The van der Waals surface area contributed by atoms with E-state index < -0.39 is 0 Å². The quantitative estimate of drug-likeness (QED) is 0.0846. The molecule has 9 rings (SSSR count). The molecule has 0 saturated heterocycles. The summed E-state index contributed by atoms with van der Waals surface area (Å²) in [5.74, 6) is 0.879. The van der Waals surface area contributed by atoms with Crippen molar-refractivity contribution in [2.24, 2.45) is 15.0 Å². The minimum Gasteiger partial charge on any atom is -0.400 e. The molecule has 4 aliphatic rings. The van der Waals surface area contributed by atoms with E-state index in [2.05, 4.69) is 0 Å². The van der Waals surface area contributed by atoms with E-state index in [1.54, 1.807) is 0 Å². The zero-order valence-corrected chi connectivity index (χ0v) is 29.2. The van der Waals surface area contributed by atoms with Crippen molar-refractivity contribution >= 4 is 56.6 Å².